The Bertz CT molecular complexity index is 346. The Hall–Kier alpha value is -1.10. The first-order chi connectivity index (χ1) is 6.84. The topological polar surface area (TPSA) is 26.0 Å². The van der Waals surface area contributed by atoms with Gasteiger partial charge in [-0.05, 0) is 30.2 Å². The van der Waals surface area contributed by atoms with Crippen molar-refractivity contribution < 1.29 is 17.6 Å². The van der Waals surface area contributed by atoms with Crippen LogP contribution in [0.4, 0.5) is 17.6 Å². The molecule has 0 amide bonds. The number of hydrogen-bond donors (Lipinski definition) is 1. The third kappa shape index (κ3) is 2.92. The molecule has 1 aromatic carbocycles. The van der Waals surface area contributed by atoms with Crippen molar-refractivity contribution in [3.63, 3.8) is 0 Å². The molecule has 0 aliphatic heterocycles. The summed E-state index contributed by atoms with van der Waals surface area (Å²) in [5, 5.41) is 0. The second-order valence-electron chi connectivity index (χ2n) is 3.29. The number of rotatable bonds is 2. The second-order valence-corrected chi connectivity index (χ2v) is 3.29. The van der Waals surface area contributed by atoms with Crippen molar-refractivity contribution >= 4 is 0 Å². The number of benzene rings is 1. The van der Waals surface area contributed by atoms with Crippen LogP contribution >= 0.6 is 0 Å². The van der Waals surface area contributed by atoms with E-state index in [9.17, 15) is 17.6 Å². The lowest BCUT2D eigenvalue weighted by Gasteiger charge is -2.13. The molecule has 0 aliphatic rings. The summed E-state index contributed by atoms with van der Waals surface area (Å²) in [5.74, 6) is -0.913. The van der Waals surface area contributed by atoms with Crippen LogP contribution in [0.2, 0.25) is 0 Å². The molecule has 1 aromatic rings. The molecule has 1 nitrogen and oxygen atoms in total. The third-order valence-electron chi connectivity index (χ3n) is 2.12. The quantitative estimate of drug-likeness (QED) is 0.762. The van der Waals surface area contributed by atoms with Gasteiger partial charge in [0.25, 0.3) is 0 Å². The highest BCUT2D eigenvalue weighted by Crippen LogP contribution is 2.31. The van der Waals surface area contributed by atoms with Crippen LogP contribution in [0.3, 0.4) is 0 Å². The van der Waals surface area contributed by atoms with Gasteiger partial charge in [-0.3, -0.25) is 0 Å². The number of halogens is 4. The van der Waals surface area contributed by atoms with Crippen molar-refractivity contribution in [3.8, 4) is 0 Å². The molecule has 0 bridgehead atoms. The van der Waals surface area contributed by atoms with Crippen LogP contribution in [-0.4, -0.2) is 0 Å². The molecule has 2 N–H and O–H groups in total. The van der Waals surface area contributed by atoms with E-state index in [1.165, 1.54) is 0 Å². The number of nitrogens with two attached hydrogens (primary N) is 1. The van der Waals surface area contributed by atoms with E-state index in [2.05, 4.69) is 0 Å². The third-order valence-corrected chi connectivity index (χ3v) is 2.12. The molecule has 0 fully saturated rings. The van der Waals surface area contributed by atoms with Gasteiger partial charge in [-0.25, -0.2) is 4.39 Å². The molecule has 5 heteroatoms. The van der Waals surface area contributed by atoms with Crippen molar-refractivity contribution in [2.24, 2.45) is 5.73 Å². The van der Waals surface area contributed by atoms with Crippen LogP contribution < -0.4 is 5.73 Å². The van der Waals surface area contributed by atoms with Crippen LogP contribution in [0.1, 0.15) is 30.5 Å². The van der Waals surface area contributed by atoms with Gasteiger partial charge in [-0.2, -0.15) is 13.2 Å². The van der Waals surface area contributed by atoms with Crippen LogP contribution in [0.15, 0.2) is 18.2 Å². The SMILES string of the molecule is CC[C@@H](N)c1cc(F)cc(C(F)(F)F)c1. The van der Waals surface area contributed by atoms with Crippen LogP contribution in [0.25, 0.3) is 0 Å². The van der Waals surface area contributed by atoms with E-state index < -0.39 is 23.6 Å². The normalized spacial score (nSPS) is 14.0. The fourth-order valence-corrected chi connectivity index (χ4v) is 1.23. The molecule has 15 heavy (non-hydrogen) atoms. The molecule has 0 heterocycles. The lowest BCUT2D eigenvalue weighted by Crippen LogP contribution is -2.12. The van der Waals surface area contributed by atoms with Crippen LogP contribution in [0.5, 0.6) is 0 Å². The zero-order valence-corrected chi connectivity index (χ0v) is 8.11. The van der Waals surface area contributed by atoms with E-state index in [1.54, 1.807) is 6.92 Å². The Morgan fingerprint density at radius 2 is 1.87 bits per heavy atom. The minimum atomic E-state index is -4.54. The first kappa shape index (κ1) is 12.0. The van der Waals surface area contributed by atoms with Gasteiger partial charge in [0.15, 0.2) is 0 Å². The van der Waals surface area contributed by atoms with E-state index in [0.29, 0.717) is 12.5 Å². The first-order valence-electron chi connectivity index (χ1n) is 4.48. The largest absolute Gasteiger partial charge is 0.416 e. The Morgan fingerprint density at radius 3 is 2.33 bits per heavy atom. The standard InChI is InChI=1S/C10H11F4N/c1-2-9(15)6-3-7(10(12,13)14)5-8(11)4-6/h3-5,9H,2,15H2,1H3/t9-/m1/s1. The Balaban J connectivity index is 3.17. The Kier molecular flexibility index (Phi) is 3.34. The molecule has 0 spiro atoms. The summed E-state index contributed by atoms with van der Waals surface area (Å²) < 4.78 is 49.8. The van der Waals surface area contributed by atoms with Gasteiger partial charge in [-0.15, -0.1) is 0 Å². The second kappa shape index (κ2) is 4.18. The number of alkyl halides is 3. The summed E-state index contributed by atoms with van der Waals surface area (Å²) in [5.41, 5.74) is 4.71. The van der Waals surface area contributed by atoms with E-state index in [0.717, 1.165) is 12.1 Å². The van der Waals surface area contributed by atoms with Gasteiger partial charge in [0.05, 0.1) is 5.56 Å². The molecular formula is C10H11F4N. The molecule has 1 rings (SSSR count). The summed E-state index contributed by atoms with van der Waals surface area (Å²) in [7, 11) is 0. The zero-order valence-electron chi connectivity index (χ0n) is 8.11. The fraction of sp³-hybridized carbons (Fsp3) is 0.400. The minimum Gasteiger partial charge on any atom is -0.324 e. The van der Waals surface area contributed by atoms with Crippen molar-refractivity contribution in [2.45, 2.75) is 25.6 Å². The number of hydrogen-bond acceptors (Lipinski definition) is 1. The van der Waals surface area contributed by atoms with Crippen molar-refractivity contribution in [1.29, 1.82) is 0 Å². The minimum absolute atomic E-state index is 0.171. The van der Waals surface area contributed by atoms with Gasteiger partial charge in [0, 0.05) is 6.04 Å². The van der Waals surface area contributed by atoms with Gasteiger partial charge >= 0.3 is 6.18 Å². The van der Waals surface area contributed by atoms with Gasteiger partial charge in [0.1, 0.15) is 5.82 Å². The van der Waals surface area contributed by atoms with E-state index >= 15 is 0 Å². The molecule has 0 saturated heterocycles. The van der Waals surface area contributed by atoms with E-state index in [1.807, 2.05) is 0 Å². The molecule has 0 radical (unpaired) electrons. The molecule has 0 saturated carbocycles. The summed E-state index contributed by atoms with van der Waals surface area (Å²) in [6, 6.07) is 1.81. The molecule has 84 valence electrons. The maximum absolute atomic E-state index is 12.9. The highest BCUT2D eigenvalue weighted by atomic mass is 19.4. The first-order valence-corrected chi connectivity index (χ1v) is 4.48. The van der Waals surface area contributed by atoms with Crippen molar-refractivity contribution in [2.75, 3.05) is 0 Å². The average molecular weight is 221 g/mol. The van der Waals surface area contributed by atoms with E-state index in [4.69, 9.17) is 5.73 Å². The van der Waals surface area contributed by atoms with Crippen molar-refractivity contribution in [3.05, 3.63) is 35.1 Å². The van der Waals surface area contributed by atoms with Gasteiger partial charge < -0.3 is 5.73 Å². The highest BCUT2D eigenvalue weighted by Gasteiger charge is 2.31. The molecular weight excluding hydrogens is 210 g/mol. The average Bonchev–Trinajstić information content (AvgIpc) is 2.14. The fourth-order valence-electron chi connectivity index (χ4n) is 1.23. The smallest absolute Gasteiger partial charge is 0.324 e. The molecule has 0 aromatic heterocycles. The predicted octanol–water partition coefficient (Wildman–Crippen LogP) is 3.25. The van der Waals surface area contributed by atoms with Crippen LogP contribution in [-0.2, 0) is 6.18 Å². The monoisotopic (exact) mass is 221 g/mol. The van der Waals surface area contributed by atoms with E-state index in [-0.39, 0.29) is 5.56 Å². The maximum atomic E-state index is 12.9. The zero-order chi connectivity index (χ0) is 11.6. The van der Waals surface area contributed by atoms with Gasteiger partial charge in [-0.1, -0.05) is 6.92 Å². The summed E-state index contributed by atoms with van der Waals surface area (Å²) in [6.07, 6.45) is -4.08. The maximum Gasteiger partial charge on any atom is 0.416 e. The summed E-state index contributed by atoms with van der Waals surface area (Å²) >= 11 is 0. The van der Waals surface area contributed by atoms with Crippen molar-refractivity contribution in [1.82, 2.24) is 0 Å². The molecule has 1 atom stereocenters. The van der Waals surface area contributed by atoms with Gasteiger partial charge in [0.2, 0.25) is 0 Å². The lowest BCUT2D eigenvalue weighted by atomic mass is 10.0. The molecule has 0 unspecified atom stereocenters. The lowest BCUT2D eigenvalue weighted by molar-refractivity contribution is -0.137. The molecule has 0 aliphatic carbocycles. The van der Waals surface area contributed by atoms with Crippen LogP contribution in [0, 0.1) is 5.82 Å². The summed E-state index contributed by atoms with van der Waals surface area (Å²) in [4.78, 5) is 0. The summed E-state index contributed by atoms with van der Waals surface area (Å²) in [6.45, 7) is 1.73. The Labute approximate surface area is 84.9 Å². The Morgan fingerprint density at radius 1 is 1.27 bits per heavy atom. The predicted molar refractivity (Wildman–Crippen MR) is 48.6 cm³/mol. The highest BCUT2D eigenvalue weighted by molar-refractivity contribution is 5.28.